The molecule has 1 N–H and O–H groups in total. The Morgan fingerprint density at radius 3 is 2.65 bits per heavy atom. The molecular formula is C17H27NO2. The van der Waals surface area contributed by atoms with Gasteiger partial charge in [0, 0.05) is 18.2 Å². The van der Waals surface area contributed by atoms with Gasteiger partial charge in [0.05, 0.1) is 6.10 Å². The summed E-state index contributed by atoms with van der Waals surface area (Å²) < 4.78 is 11.8. The molecule has 3 nitrogen and oxygen atoms in total. The number of ether oxygens (including phenoxy) is 1. The first-order valence-electron chi connectivity index (χ1n) is 8.14. The Bertz CT molecular complexity index is 428. The zero-order chi connectivity index (χ0) is 13.9. The molecule has 0 unspecified atom stereocenters. The number of nitrogens with one attached hydrogen (secondary N) is 1. The van der Waals surface area contributed by atoms with Crippen molar-refractivity contribution in [2.45, 2.75) is 77.7 Å². The minimum atomic E-state index is 0.435. The highest BCUT2D eigenvalue weighted by molar-refractivity contribution is 5.20. The van der Waals surface area contributed by atoms with E-state index in [-0.39, 0.29) is 0 Å². The van der Waals surface area contributed by atoms with Gasteiger partial charge >= 0.3 is 0 Å². The van der Waals surface area contributed by atoms with Gasteiger partial charge in [0.1, 0.15) is 18.1 Å². The molecule has 2 saturated carbocycles. The van der Waals surface area contributed by atoms with E-state index in [0.717, 1.165) is 30.0 Å². The Morgan fingerprint density at radius 2 is 1.95 bits per heavy atom. The van der Waals surface area contributed by atoms with E-state index in [1.807, 2.05) is 0 Å². The van der Waals surface area contributed by atoms with Gasteiger partial charge in [-0.3, -0.25) is 0 Å². The minimum absolute atomic E-state index is 0.435. The van der Waals surface area contributed by atoms with Crippen LogP contribution in [0.25, 0.3) is 0 Å². The molecule has 2 aliphatic rings. The van der Waals surface area contributed by atoms with E-state index in [2.05, 4.69) is 25.2 Å². The molecule has 3 rings (SSSR count). The van der Waals surface area contributed by atoms with Gasteiger partial charge in [-0.1, -0.05) is 6.92 Å². The summed E-state index contributed by atoms with van der Waals surface area (Å²) in [6.07, 6.45) is 8.11. The summed E-state index contributed by atoms with van der Waals surface area (Å²) in [6.45, 7) is 5.95. The molecule has 112 valence electrons. The van der Waals surface area contributed by atoms with Gasteiger partial charge in [0.15, 0.2) is 0 Å². The van der Waals surface area contributed by atoms with Crippen molar-refractivity contribution in [3.8, 4) is 0 Å². The van der Waals surface area contributed by atoms with E-state index in [1.54, 1.807) is 0 Å². The predicted molar refractivity (Wildman–Crippen MR) is 79.5 cm³/mol. The SMILES string of the molecule is Cc1oc(COC2CCC(C)CC2)cc1CNC1CC1. The molecule has 0 aliphatic heterocycles. The van der Waals surface area contributed by atoms with Crippen LogP contribution in [0.5, 0.6) is 0 Å². The number of aryl methyl sites for hydroxylation is 1. The molecule has 0 aromatic carbocycles. The summed E-state index contributed by atoms with van der Waals surface area (Å²) in [5.74, 6) is 2.89. The Labute approximate surface area is 122 Å². The molecule has 3 heteroatoms. The number of rotatable bonds is 6. The molecule has 1 aromatic heterocycles. The van der Waals surface area contributed by atoms with E-state index in [4.69, 9.17) is 9.15 Å². The van der Waals surface area contributed by atoms with Crippen molar-refractivity contribution in [1.82, 2.24) is 5.32 Å². The smallest absolute Gasteiger partial charge is 0.130 e. The van der Waals surface area contributed by atoms with Crippen LogP contribution in [-0.2, 0) is 17.9 Å². The lowest BCUT2D eigenvalue weighted by atomic mass is 9.89. The molecule has 0 radical (unpaired) electrons. The monoisotopic (exact) mass is 277 g/mol. The van der Waals surface area contributed by atoms with Gasteiger partial charge in [-0.2, -0.15) is 0 Å². The summed E-state index contributed by atoms with van der Waals surface area (Å²) in [5.41, 5.74) is 1.28. The first-order chi connectivity index (χ1) is 9.70. The predicted octanol–water partition coefficient (Wildman–Crippen LogP) is 3.94. The van der Waals surface area contributed by atoms with Crippen LogP contribution in [0.15, 0.2) is 10.5 Å². The second kappa shape index (κ2) is 6.31. The summed E-state index contributed by atoms with van der Waals surface area (Å²) in [5, 5.41) is 3.54. The first-order valence-corrected chi connectivity index (χ1v) is 8.14. The zero-order valence-electron chi connectivity index (χ0n) is 12.8. The highest BCUT2D eigenvalue weighted by Crippen LogP contribution is 2.27. The summed E-state index contributed by atoms with van der Waals surface area (Å²) in [4.78, 5) is 0. The van der Waals surface area contributed by atoms with Gasteiger partial charge in [-0.25, -0.2) is 0 Å². The van der Waals surface area contributed by atoms with Crippen molar-refractivity contribution in [1.29, 1.82) is 0 Å². The van der Waals surface area contributed by atoms with E-state index in [9.17, 15) is 0 Å². The van der Waals surface area contributed by atoms with Crippen LogP contribution < -0.4 is 5.32 Å². The molecule has 0 spiro atoms. The third kappa shape index (κ3) is 3.86. The largest absolute Gasteiger partial charge is 0.464 e. The lowest BCUT2D eigenvalue weighted by Gasteiger charge is -2.25. The Kier molecular flexibility index (Phi) is 4.47. The molecule has 0 saturated heterocycles. The van der Waals surface area contributed by atoms with Crippen molar-refractivity contribution in [2.24, 2.45) is 5.92 Å². The van der Waals surface area contributed by atoms with Crippen LogP contribution in [0.1, 0.15) is 62.5 Å². The zero-order valence-corrected chi connectivity index (χ0v) is 12.8. The van der Waals surface area contributed by atoms with Crippen LogP contribution in [0.3, 0.4) is 0 Å². The van der Waals surface area contributed by atoms with Crippen molar-refractivity contribution in [2.75, 3.05) is 0 Å². The Balaban J connectivity index is 1.46. The fourth-order valence-electron chi connectivity index (χ4n) is 2.97. The molecule has 1 heterocycles. The van der Waals surface area contributed by atoms with Gasteiger partial charge < -0.3 is 14.5 Å². The molecule has 2 aliphatic carbocycles. The molecule has 1 aromatic rings. The van der Waals surface area contributed by atoms with Crippen LogP contribution in [0, 0.1) is 12.8 Å². The molecule has 2 fully saturated rings. The average molecular weight is 277 g/mol. The van der Waals surface area contributed by atoms with Gasteiger partial charge in [0.2, 0.25) is 0 Å². The topological polar surface area (TPSA) is 34.4 Å². The van der Waals surface area contributed by atoms with Crippen LogP contribution >= 0.6 is 0 Å². The van der Waals surface area contributed by atoms with Crippen molar-refractivity contribution in [3.05, 3.63) is 23.2 Å². The lowest BCUT2D eigenvalue weighted by Crippen LogP contribution is -2.20. The maximum atomic E-state index is 6.01. The van der Waals surface area contributed by atoms with E-state index < -0.39 is 0 Å². The molecular weight excluding hydrogens is 250 g/mol. The minimum Gasteiger partial charge on any atom is -0.464 e. The van der Waals surface area contributed by atoms with Crippen molar-refractivity contribution >= 4 is 0 Å². The molecule has 0 atom stereocenters. The van der Waals surface area contributed by atoms with Crippen LogP contribution in [0.4, 0.5) is 0 Å². The second-order valence-corrected chi connectivity index (χ2v) is 6.64. The van der Waals surface area contributed by atoms with Gasteiger partial charge in [-0.05, 0) is 57.4 Å². The Hall–Kier alpha value is -0.800. The second-order valence-electron chi connectivity index (χ2n) is 6.64. The maximum absolute atomic E-state index is 6.01. The van der Waals surface area contributed by atoms with E-state index in [1.165, 1.54) is 44.1 Å². The highest BCUT2D eigenvalue weighted by Gasteiger charge is 2.21. The standard InChI is InChI=1S/C17H27NO2/c1-12-3-7-16(8-4-12)19-11-17-9-14(13(2)20-17)10-18-15-5-6-15/h9,12,15-16,18H,3-8,10-11H2,1-2H3. The molecule has 0 bridgehead atoms. The highest BCUT2D eigenvalue weighted by atomic mass is 16.5. The van der Waals surface area contributed by atoms with Gasteiger partial charge in [0.25, 0.3) is 0 Å². The number of hydrogen-bond donors (Lipinski definition) is 1. The fourth-order valence-corrected chi connectivity index (χ4v) is 2.97. The van der Waals surface area contributed by atoms with Crippen LogP contribution in [-0.4, -0.2) is 12.1 Å². The van der Waals surface area contributed by atoms with E-state index >= 15 is 0 Å². The third-order valence-corrected chi connectivity index (χ3v) is 4.65. The maximum Gasteiger partial charge on any atom is 0.130 e. The van der Waals surface area contributed by atoms with Crippen molar-refractivity contribution < 1.29 is 9.15 Å². The third-order valence-electron chi connectivity index (χ3n) is 4.65. The fraction of sp³-hybridized carbons (Fsp3) is 0.765. The number of hydrogen-bond acceptors (Lipinski definition) is 3. The van der Waals surface area contributed by atoms with Gasteiger partial charge in [-0.15, -0.1) is 0 Å². The first kappa shape index (κ1) is 14.2. The summed E-state index contributed by atoms with van der Waals surface area (Å²) in [7, 11) is 0. The van der Waals surface area contributed by atoms with Crippen LogP contribution in [0.2, 0.25) is 0 Å². The van der Waals surface area contributed by atoms with Crippen molar-refractivity contribution in [3.63, 3.8) is 0 Å². The van der Waals surface area contributed by atoms with E-state index in [0.29, 0.717) is 12.7 Å². The normalized spacial score (nSPS) is 26.9. The lowest BCUT2D eigenvalue weighted by molar-refractivity contribution is 0.00103. The molecule has 0 amide bonds. The Morgan fingerprint density at radius 1 is 1.20 bits per heavy atom. The average Bonchev–Trinajstić information content (AvgIpc) is 3.20. The molecule has 20 heavy (non-hydrogen) atoms. The summed E-state index contributed by atoms with van der Waals surface area (Å²) >= 11 is 0. The quantitative estimate of drug-likeness (QED) is 0.855. The summed E-state index contributed by atoms with van der Waals surface area (Å²) in [6, 6.07) is 2.91. The number of furan rings is 1.